The molecule has 1 heterocycles. The van der Waals surface area contributed by atoms with Crippen LogP contribution in [0.2, 0.25) is 0 Å². The third-order valence-electron chi connectivity index (χ3n) is 1.62. The Morgan fingerprint density at radius 2 is 2.08 bits per heavy atom. The fourth-order valence-electron chi connectivity index (χ4n) is 0.965. The molecule has 13 heavy (non-hydrogen) atoms. The summed E-state index contributed by atoms with van der Waals surface area (Å²) < 4.78 is 39.0. The Bertz CT molecular complexity index is 206. The number of ether oxygens (including phenoxy) is 1. The summed E-state index contributed by atoms with van der Waals surface area (Å²) in [5.41, 5.74) is 0. The Morgan fingerprint density at radius 1 is 1.46 bits per heavy atom. The second kappa shape index (κ2) is 3.51. The van der Waals surface area contributed by atoms with Gasteiger partial charge in [0, 0.05) is 13.1 Å². The number of nitrogens with one attached hydrogen (secondary N) is 1. The van der Waals surface area contributed by atoms with Gasteiger partial charge in [0.2, 0.25) is 0 Å². The minimum Gasteiger partial charge on any atom is -0.452 e. The van der Waals surface area contributed by atoms with Crippen molar-refractivity contribution in [3.63, 3.8) is 0 Å². The highest BCUT2D eigenvalue weighted by Crippen LogP contribution is 2.18. The van der Waals surface area contributed by atoms with Crippen LogP contribution < -0.4 is 5.32 Å². The van der Waals surface area contributed by atoms with Crippen LogP contribution in [0.15, 0.2) is 0 Å². The van der Waals surface area contributed by atoms with Crippen LogP contribution in [0.4, 0.5) is 13.2 Å². The number of hydrogen-bond acceptors (Lipinski definition) is 4. The fraction of sp³-hybridized carbons (Fsp3) is 0.833. The average Bonchev–Trinajstić information content (AvgIpc) is 2.34. The topological polar surface area (TPSA) is 58.6 Å². The van der Waals surface area contributed by atoms with E-state index < -0.39 is 24.4 Å². The molecule has 4 nitrogen and oxygen atoms in total. The molecular formula is C6H8F3NO3. The second-order valence-electron chi connectivity index (χ2n) is 2.67. The Labute approximate surface area is 71.7 Å². The molecule has 0 aliphatic carbocycles. The molecule has 0 radical (unpaired) electrons. The maximum atomic E-state index is 11.7. The number of aliphatic hydroxyl groups excluding tert-OH is 1. The lowest BCUT2D eigenvalue weighted by Gasteiger charge is -2.15. The molecule has 2 atom stereocenters. The van der Waals surface area contributed by atoms with Gasteiger partial charge in [0.15, 0.2) is 0 Å². The molecule has 0 aromatic rings. The van der Waals surface area contributed by atoms with Crippen molar-refractivity contribution in [1.29, 1.82) is 0 Å². The van der Waals surface area contributed by atoms with E-state index in [0.29, 0.717) is 0 Å². The molecule has 1 aliphatic heterocycles. The number of rotatable bonds is 1. The van der Waals surface area contributed by atoms with E-state index in [0.717, 1.165) is 0 Å². The van der Waals surface area contributed by atoms with Crippen LogP contribution in [0.1, 0.15) is 0 Å². The SMILES string of the molecule is O=C(O[C@@H]1CNC[C@H]1O)C(F)(F)F. The molecular weight excluding hydrogens is 191 g/mol. The van der Waals surface area contributed by atoms with Crippen LogP contribution in [0.25, 0.3) is 0 Å². The fourth-order valence-corrected chi connectivity index (χ4v) is 0.965. The van der Waals surface area contributed by atoms with E-state index in [1.807, 2.05) is 0 Å². The van der Waals surface area contributed by atoms with Gasteiger partial charge >= 0.3 is 12.1 Å². The van der Waals surface area contributed by atoms with Crippen molar-refractivity contribution >= 4 is 5.97 Å². The third-order valence-corrected chi connectivity index (χ3v) is 1.62. The molecule has 0 amide bonds. The Kier molecular flexibility index (Phi) is 2.77. The number of esters is 1. The minimum atomic E-state index is -5.00. The predicted octanol–water partition coefficient (Wildman–Crippen LogP) is -0.575. The number of alkyl halides is 3. The average molecular weight is 199 g/mol. The first-order chi connectivity index (χ1) is 5.91. The minimum absolute atomic E-state index is 0.0446. The molecule has 0 aromatic carbocycles. The molecule has 0 saturated carbocycles. The van der Waals surface area contributed by atoms with Gasteiger partial charge in [-0.25, -0.2) is 4.79 Å². The van der Waals surface area contributed by atoms with Gasteiger partial charge in [-0.15, -0.1) is 0 Å². The lowest BCUT2D eigenvalue weighted by Crippen LogP contribution is -2.35. The Morgan fingerprint density at radius 3 is 2.46 bits per heavy atom. The maximum Gasteiger partial charge on any atom is 0.490 e. The summed E-state index contributed by atoms with van der Waals surface area (Å²) in [6, 6.07) is 0. The van der Waals surface area contributed by atoms with E-state index in [1.54, 1.807) is 0 Å². The zero-order chi connectivity index (χ0) is 10.1. The van der Waals surface area contributed by atoms with Crippen LogP contribution >= 0.6 is 0 Å². The Balaban J connectivity index is 2.45. The van der Waals surface area contributed by atoms with Gasteiger partial charge in [-0.05, 0) is 0 Å². The summed E-state index contributed by atoms with van der Waals surface area (Å²) in [6.45, 7) is 0.179. The lowest BCUT2D eigenvalue weighted by molar-refractivity contribution is -0.207. The van der Waals surface area contributed by atoms with Gasteiger partial charge < -0.3 is 15.2 Å². The summed E-state index contributed by atoms with van der Waals surface area (Å²) in [4.78, 5) is 10.3. The van der Waals surface area contributed by atoms with Crippen molar-refractivity contribution in [2.75, 3.05) is 13.1 Å². The summed E-state index contributed by atoms with van der Waals surface area (Å²) in [5.74, 6) is -2.26. The van der Waals surface area contributed by atoms with Gasteiger partial charge in [0.05, 0.1) is 0 Å². The molecule has 0 unspecified atom stereocenters. The quantitative estimate of drug-likeness (QED) is 0.555. The summed E-state index contributed by atoms with van der Waals surface area (Å²) in [7, 11) is 0. The molecule has 0 bridgehead atoms. The Hall–Kier alpha value is -0.820. The molecule has 76 valence electrons. The third kappa shape index (κ3) is 2.56. The van der Waals surface area contributed by atoms with Crippen molar-refractivity contribution in [3.05, 3.63) is 0 Å². The van der Waals surface area contributed by atoms with Gasteiger partial charge in [-0.3, -0.25) is 0 Å². The molecule has 7 heteroatoms. The van der Waals surface area contributed by atoms with E-state index >= 15 is 0 Å². The molecule has 0 aromatic heterocycles. The number of hydrogen-bond donors (Lipinski definition) is 2. The van der Waals surface area contributed by atoms with Crippen LogP contribution in [0, 0.1) is 0 Å². The number of carbonyl (C=O) groups is 1. The maximum absolute atomic E-state index is 11.7. The van der Waals surface area contributed by atoms with E-state index in [4.69, 9.17) is 5.11 Å². The van der Waals surface area contributed by atoms with Gasteiger partial charge in [0.25, 0.3) is 0 Å². The first kappa shape index (κ1) is 10.3. The van der Waals surface area contributed by atoms with Gasteiger partial charge in [-0.1, -0.05) is 0 Å². The van der Waals surface area contributed by atoms with Crippen LogP contribution in [0.5, 0.6) is 0 Å². The molecule has 1 aliphatic rings. The van der Waals surface area contributed by atoms with Gasteiger partial charge in [0.1, 0.15) is 12.2 Å². The molecule has 1 fully saturated rings. The molecule has 1 saturated heterocycles. The molecule has 1 rings (SSSR count). The zero-order valence-corrected chi connectivity index (χ0v) is 6.47. The van der Waals surface area contributed by atoms with Crippen LogP contribution in [-0.2, 0) is 9.53 Å². The van der Waals surface area contributed by atoms with E-state index in [9.17, 15) is 18.0 Å². The highest BCUT2D eigenvalue weighted by atomic mass is 19.4. The summed E-state index contributed by atoms with van der Waals surface area (Å²) >= 11 is 0. The first-order valence-corrected chi connectivity index (χ1v) is 3.58. The second-order valence-corrected chi connectivity index (χ2v) is 2.67. The predicted molar refractivity (Wildman–Crippen MR) is 34.8 cm³/mol. The lowest BCUT2D eigenvalue weighted by atomic mass is 10.3. The normalized spacial score (nSPS) is 28.9. The molecule has 2 N–H and O–H groups in total. The summed E-state index contributed by atoms with van der Waals surface area (Å²) in [5, 5.41) is 11.6. The van der Waals surface area contributed by atoms with Crippen LogP contribution in [-0.4, -0.2) is 42.5 Å². The smallest absolute Gasteiger partial charge is 0.452 e. The highest BCUT2D eigenvalue weighted by Gasteiger charge is 2.43. The first-order valence-electron chi connectivity index (χ1n) is 3.58. The largest absolute Gasteiger partial charge is 0.490 e. The van der Waals surface area contributed by atoms with E-state index in [2.05, 4.69) is 10.1 Å². The number of carbonyl (C=O) groups excluding carboxylic acids is 1. The van der Waals surface area contributed by atoms with Gasteiger partial charge in [-0.2, -0.15) is 13.2 Å². The number of aliphatic hydroxyl groups is 1. The van der Waals surface area contributed by atoms with E-state index in [-0.39, 0.29) is 13.1 Å². The van der Waals surface area contributed by atoms with Crippen molar-refractivity contribution < 1.29 is 27.8 Å². The zero-order valence-electron chi connectivity index (χ0n) is 6.47. The number of β-amino-alcohol motifs (C(OH)–C–C–N with tert-alkyl or cyclic N) is 1. The van der Waals surface area contributed by atoms with Crippen molar-refractivity contribution in [1.82, 2.24) is 5.32 Å². The van der Waals surface area contributed by atoms with Crippen molar-refractivity contribution in [2.24, 2.45) is 0 Å². The van der Waals surface area contributed by atoms with Crippen molar-refractivity contribution in [3.8, 4) is 0 Å². The highest BCUT2D eigenvalue weighted by molar-refractivity contribution is 5.75. The number of halogens is 3. The molecule has 0 spiro atoms. The monoisotopic (exact) mass is 199 g/mol. The standard InChI is InChI=1S/C6H8F3NO3/c7-6(8,9)5(12)13-4-2-10-1-3(4)11/h3-4,10-11H,1-2H2/t3-,4-/m1/s1. The van der Waals surface area contributed by atoms with Crippen LogP contribution in [0.3, 0.4) is 0 Å². The summed E-state index contributed by atoms with van der Waals surface area (Å²) in [6.07, 6.45) is -7.16. The van der Waals surface area contributed by atoms with E-state index in [1.165, 1.54) is 0 Å². The van der Waals surface area contributed by atoms with Crippen molar-refractivity contribution in [2.45, 2.75) is 18.4 Å².